The number of halogens is 2. The van der Waals surface area contributed by atoms with E-state index in [-0.39, 0.29) is 49.9 Å². The van der Waals surface area contributed by atoms with E-state index in [1.54, 1.807) is 47.6 Å². The van der Waals surface area contributed by atoms with Gasteiger partial charge in [-0.25, -0.2) is 4.39 Å². The highest BCUT2D eigenvalue weighted by Gasteiger charge is 2.30. The summed E-state index contributed by atoms with van der Waals surface area (Å²) in [5.74, 6) is -0.354. The number of hydrogen-bond acceptors (Lipinski definition) is 4. The van der Waals surface area contributed by atoms with Crippen molar-refractivity contribution in [3.05, 3.63) is 95.7 Å². The molecule has 2 atom stereocenters. The molecule has 0 N–H and O–H groups in total. The van der Waals surface area contributed by atoms with Crippen molar-refractivity contribution < 1.29 is 23.1 Å². The number of carbonyl (C=O) groups excluding carboxylic acids is 2. The van der Waals surface area contributed by atoms with Gasteiger partial charge in [0.05, 0.1) is 25.5 Å². The Morgan fingerprint density at radius 2 is 1.77 bits per heavy atom. The first-order valence-corrected chi connectivity index (χ1v) is 12.1. The van der Waals surface area contributed by atoms with Crippen LogP contribution in [0.15, 0.2) is 77.4 Å². The average molecular weight is 499 g/mol. The van der Waals surface area contributed by atoms with Crippen molar-refractivity contribution in [3.8, 4) is 0 Å². The summed E-state index contributed by atoms with van der Waals surface area (Å²) in [5, 5.41) is -0.916. The van der Waals surface area contributed by atoms with Gasteiger partial charge in [0.1, 0.15) is 17.0 Å². The van der Waals surface area contributed by atoms with Gasteiger partial charge in [0, 0.05) is 19.7 Å². The van der Waals surface area contributed by atoms with Gasteiger partial charge in [0.2, 0.25) is 11.8 Å². The zero-order valence-electron chi connectivity index (χ0n) is 19.3. The number of carbonyl (C=O) groups is 2. The number of rotatable bonds is 10. The summed E-state index contributed by atoms with van der Waals surface area (Å²) in [6.45, 7) is 1.22. The van der Waals surface area contributed by atoms with E-state index < -0.39 is 5.38 Å². The molecule has 4 rings (SSSR count). The van der Waals surface area contributed by atoms with Crippen molar-refractivity contribution in [1.29, 1.82) is 0 Å². The van der Waals surface area contributed by atoms with E-state index in [1.165, 1.54) is 17.0 Å². The first-order chi connectivity index (χ1) is 17.0. The smallest absolute Gasteiger partial charge is 0.245 e. The summed E-state index contributed by atoms with van der Waals surface area (Å²) in [6, 6.07) is 18.6. The Morgan fingerprint density at radius 1 is 1.00 bits per heavy atom. The standard InChI is InChI=1S/C27H28ClFN2O4/c28-26(21-6-2-1-3-7-21)27(33)31(18-24-9-5-15-35-24)19-25(32)30(17-23-8-4-14-34-23)16-20-10-12-22(29)13-11-20/h1-4,6-8,10-14,24,26H,5,9,15-19H2. The summed E-state index contributed by atoms with van der Waals surface area (Å²) < 4.78 is 24.6. The van der Waals surface area contributed by atoms with E-state index in [1.807, 2.05) is 18.2 Å². The minimum Gasteiger partial charge on any atom is -0.467 e. The molecule has 1 aliphatic rings. The lowest BCUT2D eigenvalue weighted by molar-refractivity contribution is -0.142. The molecule has 2 aromatic carbocycles. The second kappa shape index (κ2) is 12.0. The third-order valence-electron chi connectivity index (χ3n) is 5.96. The fourth-order valence-electron chi connectivity index (χ4n) is 4.09. The Hall–Kier alpha value is -3.16. The molecule has 8 heteroatoms. The van der Waals surface area contributed by atoms with Gasteiger partial charge in [-0.1, -0.05) is 42.5 Å². The fourth-order valence-corrected chi connectivity index (χ4v) is 4.37. The van der Waals surface area contributed by atoms with Crippen LogP contribution in [-0.2, 0) is 27.4 Å². The molecule has 2 amide bonds. The lowest BCUT2D eigenvalue weighted by Crippen LogP contribution is -2.46. The van der Waals surface area contributed by atoms with Crippen LogP contribution >= 0.6 is 11.6 Å². The van der Waals surface area contributed by atoms with Crippen LogP contribution in [-0.4, -0.2) is 47.4 Å². The van der Waals surface area contributed by atoms with Gasteiger partial charge >= 0.3 is 0 Å². The molecule has 0 radical (unpaired) electrons. The topological polar surface area (TPSA) is 63.0 Å². The summed E-state index contributed by atoms with van der Waals surface area (Å²) in [6.07, 6.45) is 3.14. The number of benzene rings is 2. The fraction of sp³-hybridized carbons (Fsp3) is 0.333. The summed E-state index contributed by atoms with van der Waals surface area (Å²) in [4.78, 5) is 30.0. The van der Waals surface area contributed by atoms with Gasteiger partial charge in [-0.05, 0) is 48.2 Å². The van der Waals surface area contributed by atoms with Crippen LogP contribution in [0.2, 0.25) is 0 Å². The van der Waals surface area contributed by atoms with Gasteiger partial charge in [-0.15, -0.1) is 11.6 Å². The molecule has 2 heterocycles. The first-order valence-electron chi connectivity index (χ1n) is 11.6. The molecule has 35 heavy (non-hydrogen) atoms. The van der Waals surface area contributed by atoms with Crippen molar-refractivity contribution in [3.63, 3.8) is 0 Å². The Labute approximate surface area is 209 Å². The molecule has 0 saturated carbocycles. The predicted octanol–water partition coefficient (Wildman–Crippen LogP) is 4.94. The van der Waals surface area contributed by atoms with E-state index in [9.17, 15) is 14.0 Å². The van der Waals surface area contributed by atoms with Crippen LogP contribution in [0, 0.1) is 5.82 Å². The number of amides is 2. The number of alkyl halides is 1. The third kappa shape index (κ3) is 6.93. The van der Waals surface area contributed by atoms with Gasteiger partial charge in [0.25, 0.3) is 0 Å². The molecule has 0 bridgehead atoms. The van der Waals surface area contributed by atoms with Crippen LogP contribution in [0.5, 0.6) is 0 Å². The third-order valence-corrected chi connectivity index (χ3v) is 6.40. The molecule has 2 unspecified atom stereocenters. The lowest BCUT2D eigenvalue weighted by atomic mass is 10.1. The monoisotopic (exact) mass is 498 g/mol. The normalized spacial score (nSPS) is 16.1. The molecule has 184 valence electrons. The average Bonchev–Trinajstić information content (AvgIpc) is 3.58. The molecular weight excluding hydrogens is 471 g/mol. The van der Waals surface area contributed by atoms with Crippen molar-refractivity contribution >= 4 is 23.4 Å². The Bertz CT molecular complexity index is 1090. The molecule has 1 aromatic heterocycles. The molecule has 1 fully saturated rings. The highest BCUT2D eigenvalue weighted by atomic mass is 35.5. The van der Waals surface area contributed by atoms with E-state index in [4.69, 9.17) is 20.8 Å². The molecule has 0 spiro atoms. The van der Waals surface area contributed by atoms with Crippen LogP contribution in [0.1, 0.15) is 35.1 Å². The molecule has 0 aliphatic carbocycles. The zero-order chi connectivity index (χ0) is 24.6. The Balaban J connectivity index is 1.53. The van der Waals surface area contributed by atoms with Crippen molar-refractivity contribution in [1.82, 2.24) is 9.80 Å². The molecule has 1 aliphatic heterocycles. The molecule has 1 saturated heterocycles. The number of nitrogens with zero attached hydrogens (tertiary/aromatic N) is 2. The lowest BCUT2D eigenvalue weighted by Gasteiger charge is -2.30. The molecule has 3 aromatic rings. The van der Waals surface area contributed by atoms with E-state index in [0.717, 1.165) is 18.4 Å². The van der Waals surface area contributed by atoms with Crippen molar-refractivity contribution in [2.24, 2.45) is 0 Å². The largest absolute Gasteiger partial charge is 0.467 e. The second-order valence-electron chi connectivity index (χ2n) is 8.58. The Morgan fingerprint density at radius 3 is 2.43 bits per heavy atom. The maximum absolute atomic E-state index is 13.5. The van der Waals surface area contributed by atoms with E-state index in [0.29, 0.717) is 17.9 Å². The SMILES string of the molecule is O=C(CN(CC1CCCO1)C(=O)C(Cl)c1ccccc1)N(Cc1ccc(F)cc1)Cc1ccco1. The maximum Gasteiger partial charge on any atom is 0.245 e. The highest BCUT2D eigenvalue weighted by Crippen LogP contribution is 2.24. The van der Waals surface area contributed by atoms with Gasteiger partial charge in [-0.3, -0.25) is 9.59 Å². The number of furan rings is 1. The van der Waals surface area contributed by atoms with Gasteiger partial charge < -0.3 is 19.0 Å². The highest BCUT2D eigenvalue weighted by molar-refractivity contribution is 6.30. The van der Waals surface area contributed by atoms with Crippen LogP contribution in [0.25, 0.3) is 0 Å². The first kappa shape index (κ1) is 24.9. The number of ether oxygens (including phenoxy) is 1. The molecule has 6 nitrogen and oxygen atoms in total. The molecular formula is C27H28ClFN2O4. The summed E-state index contributed by atoms with van der Waals surface area (Å²) in [7, 11) is 0. The minimum atomic E-state index is -0.916. The second-order valence-corrected chi connectivity index (χ2v) is 9.02. The van der Waals surface area contributed by atoms with Crippen LogP contribution in [0.3, 0.4) is 0 Å². The minimum absolute atomic E-state index is 0.137. The van der Waals surface area contributed by atoms with Gasteiger partial charge in [-0.2, -0.15) is 0 Å². The summed E-state index contributed by atoms with van der Waals surface area (Å²) in [5.41, 5.74) is 1.44. The maximum atomic E-state index is 13.5. The Kier molecular flexibility index (Phi) is 8.55. The van der Waals surface area contributed by atoms with Crippen LogP contribution < -0.4 is 0 Å². The van der Waals surface area contributed by atoms with E-state index in [2.05, 4.69) is 0 Å². The number of hydrogen-bond donors (Lipinski definition) is 0. The van der Waals surface area contributed by atoms with Crippen LogP contribution in [0.4, 0.5) is 4.39 Å². The summed E-state index contributed by atoms with van der Waals surface area (Å²) >= 11 is 6.55. The van der Waals surface area contributed by atoms with Crippen molar-refractivity contribution in [2.75, 3.05) is 19.7 Å². The zero-order valence-corrected chi connectivity index (χ0v) is 20.1. The predicted molar refractivity (Wildman–Crippen MR) is 130 cm³/mol. The van der Waals surface area contributed by atoms with Crippen molar-refractivity contribution in [2.45, 2.75) is 37.4 Å². The van der Waals surface area contributed by atoms with Gasteiger partial charge in [0.15, 0.2) is 0 Å². The van der Waals surface area contributed by atoms with E-state index >= 15 is 0 Å². The quantitative estimate of drug-likeness (QED) is 0.372.